The van der Waals surface area contributed by atoms with Gasteiger partial charge < -0.3 is 20.6 Å². The van der Waals surface area contributed by atoms with Gasteiger partial charge in [0, 0.05) is 25.2 Å². The molecule has 0 radical (unpaired) electrons. The Labute approximate surface area is 158 Å². The topological polar surface area (TPSA) is 105 Å². The summed E-state index contributed by atoms with van der Waals surface area (Å²) in [4.78, 5) is 24.8. The second-order valence-corrected chi connectivity index (χ2v) is 6.87. The maximum Gasteiger partial charge on any atom is 0.431 e. The number of H-pyrrole nitrogens is 1. The molecule has 1 aliphatic rings. The lowest BCUT2D eigenvalue weighted by Crippen LogP contribution is -2.38. The molecule has 0 aliphatic carbocycles. The van der Waals surface area contributed by atoms with Crippen LogP contribution in [-0.2, 0) is 17.3 Å². The van der Waals surface area contributed by atoms with Crippen molar-refractivity contribution in [3.05, 3.63) is 57.5 Å². The number of pyridine rings is 1. The largest absolute Gasteiger partial charge is 0.431 e. The fraction of sp³-hybridized carbons (Fsp3) is 0.368. The van der Waals surface area contributed by atoms with Crippen LogP contribution in [0.4, 0.5) is 13.2 Å². The van der Waals surface area contributed by atoms with Gasteiger partial charge in [-0.15, -0.1) is 0 Å². The van der Waals surface area contributed by atoms with Crippen LogP contribution in [-0.4, -0.2) is 34.8 Å². The molecule has 0 atom stereocenters. The molecule has 1 amide bonds. The molecule has 1 aromatic carbocycles. The van der Waals surface area contributed by atoms with E-state index < -0.39 is 34.5 Å². The maximum absolute atomic E-state index is 13.4. The van der Waals surface area contributed by atoms with Crippen LogP contribution in [0.2, 0.25) is 0 Å². The van der Waals surface area contributed by atoms with Crippen LogP contribution in [0.15, 0.2) is 35.1 Å². The lowest BCUT2D eigenvalue weighted by molar-refractivity contribution is -0.140. The lowest BCUT2D eigenvalue weighted by Gasteiger charge is -2.32. The van der Waals surface area contributed by atoms with E-state index >= 15 is 0 Å². The molecule has 1 aliphatic heterocycles. The number of halogens is 3. The first-order valence-electron chi connectivity index (χ1n) is 8.63. The molecular formula is C19H19F3N2O4. The average Bonchev–Trinajstić information content (AvgIpc) is 2.61. The molecule has 1 fully saturated rings. The quantitative estimate of drug-likeness (QED) is 0.737. The van der Waals surface area contributed by atoms with E-state index in [1.165, 1.54) is 12.1 Å². The van der Waals surface area contributed by atoms with E-state index in [1.807, 2.05) is 0 Å². The maximum atomic E-state index is 13.4. The number of primary amides is 1. The van der Waals surface area contributed by atoms with Crippen LogP contribution in [0.1, 0.15) is 34.5 Å². The number of hydrogen-bond acceptors (Lipinski definition) is 4. The van der Waals surface area contributed by atoms with Crippen molar-refractivity contribution >= 4 is 5.91 Å². The first kappa shape index (κ1) is 20.1. The van der Waals surface area contributed by atoms with Gasteiger partial charge in [0.05, 0.1) is 5.60 Å². The number of aromatic nitrogens is 1. The van der Waals surface area contributed by atoms with Crippen molar-refractivity contribution in [2.75, 3.05) is 13.2 Å². The van der Waals surface area contributed by atoms with E-state index in [9.17, 15) is 27.9 Å². The summed E-state index contributed by atoms with van der Waals surface area (Å²) in [5, 5.41) is 10.6. The zero-order chi connectivity index (χ0) is 20.5. The first-order valence-corrected chi connectivity index (χ1v) is 8.63. The molecular weight excluding hydrogens is 377 g/mol. The van der Waals surface area contributed by atoms with Crippen molar-refractivity contribution in [2.45, 2.75) is 31.0 Å². The highest BCUT2D eigenvalue weighted by Gasteiger charge is 2.36. The third-order valence-electron chi connectivity index (χ3n) is 4.81. The van der Waals surface area contributed by atoms with E-state index in [2.05, 4.69) is 0 Å². The fourth-order valence-corrected chi connectivity index (χ4v) is 3.27. The Morgan fingerprint density at radius 2 is 1.82 bits per heavy atom. The average molecular weight is 396 g/mol. The zero-order valence-corrected chi connectivity index (χ0v) is 14.8. The summed E-state index contributed by atoms with van der Waals surface area (Å²) in [6.45, 7) is 0.910. The summed E-state index contributed by atoms with van der Waals surface area (Å²) >= 11 is 0. The van der Waals surface area contributed by atoms with Crippen LogP contribution in [0.3, 0.4) is 0 Å². The van der Waals surface area contributed by atoms with Gasteiger partial charge >= 0.3 is 6.18 Å². The summed E-state index contributed by atoms with van der Waals surface area (Å²) in [5.74, 6) is -1.12. The molecule has 3 rings (SSSR count). The Kier molecular flexibility index (Phi) is 5.31. The number of carbonyl (C=O) groups excluding carboxylic acids is 1. The highest BCUT2D eigenvalue weighted by atomic mass is 19.4. The number of carbonyl (C=O) groups is 1. The lowest BCUT2D eigenvalue weighted by atomic mass is 9.87. The van der Waals surface area contributed by atoms with Gasteiger partial charge in [0.25, 0.3) is 11.5 Å². The van der Waals surface area contributed by atoms with Gasteiger partial charge in [0.2, 0.25) is 0 Å². The smallest absolute Gasteiger partial charge is 0.389 e. The van der Waals surface area contributed by atoms with Gasteiger partial charge in [-0.3, -0.25) is 9.59 Å². The number of nitrogens with one attached hydrogen (secondary N) is 1. The van der Waals surface area contributed by atoms with E-state index in [0.29, 0.717) is 32.5 Å². The minimum atomic E-state index is -4.82. The number of ether oxygens (including phenoxy) is 1. The summed E-state index contributed by atoms with van der Waals surface area (Å²) in [5.41, 5.74) is 1.74. The van der Waals surface area contributed by atoms with E-state index in [0.717, 1.165) is 11.6 Å². The number of benzene rings is 1. The van der Waals surface area contributed by atoms with Gasteiger partial charge in [0.15, 0.2) is 0 Å². The Morgan fingerprint density at radius 3 is 2.36 bits per heavy atom. The zero-order valence-electron chi connectivity index (χ0n) is 14.8. The van der Waals surface area contributed by atoms with Crippen LogP contribution in [0.5, 0.6) is 0 Å². The van der Waals surface area contributed by atoms with Crippen LogP contribution >= 0.6 is 0 Å². The molecule has 2 aromatic rings. The minimum absolute atomic E-state index is 0.161. The van der Waals surface area contributed by atoms with Crippen molar-refractivity contribution < 1.29 is 27.8 Å². The predicted molar refractivity (Wildman–Crippen MR) is 94.7 cm³/mol. The second kappa shape index (κ2) is 7.40. The number of rotatable bonds is 4. The van der Waals surface area contributed by atoms with Crippen molar-refractivity contribution in [3.8, 4) is 11.1 Å². The van der Waals surface area contributed by atoms with Crippen molar-refractivity contribution in [3.63, 3.8) is 0 Å². The summed E-state index contributed by atoms with van der Waals surface area (Å²) < 4.78 is 45.3. The molecule has 0 saturated carbocycles. The predicted octanol–water partition coefficient (Wildman–Crippen LogP) is 2.24. The molecule has 6 nitrogen and oxygen atoms in total. The van der Waals surface area contributed by atoms with Gasteiger partial charge in [-0.2, -0.15) is 13.2 Å². The Bertz CT molecular complexity index is 930. The molecule has 28 heavy (non-hydrogen) atoms. The first-order chi connectivity index (χ1) is 13.1. The second-order valence-electron chi connectivity index (χ2n) is 6.87. The molecule has 0 spiro atoms. The van der Waals surface area contributed by atoms with Crippen molar-refractivity contribution in [2.24, 2.45) is 5.73 Å². The van der Waals surface area contributed by atoms with E-state index in [-0.39, 0.29) is 11.1 Å². The van der Waals surface area contributed by atoms with Crippen molar-refractivity contribution in [1.29, 1.82) is 0 Å². The molecule has 9 heteroatoms. The minimum Gasteiger partial charge on any atom is -0.389 e. The highest BCUT2D eigenvalue weighted by Crippen LogP contribution is 2.35. The Balaban J connectivity index is 1.97. The van der Waals surface area contributed by atoms with Gasteiger partial charge in [-0.25, -0.2) is 0 Å². The van der Waals surface area contributed by atoms with Gasteiger partial charge in [-0.05, 0) is 30.0 Å². The number of alkyl halides is 3. The summed E-state index contributed by atoms with van der Waals surface area (Å²) in [6.07, 6.45) is -3.51. The molecule has 1 saturated heterocycles. The number of hydrogen-bond donors (Lipinski definition) is 3. The van der Waals surface area contributed by atoms with E-state index in [1.54, 1.807) is 17.1 Å². The highest BCUT2D eigenvalue weighted by molar-refractivity contribution is 5.93. The molecule has 2 heterocycles. The third kappa shape index (κ3) is 4.26. The molecule has 1 aromatic heterocycles. The van der Waals surface area contributed by atoms with Gasteiger partial charge in [-0.1, -0.05) is 24.3 Å². The summed E-state index contributed by atoms with van der Waals surface area (Å²) in [6, 6.07) is 6.97. The standard InChI is InChI=1S/C19H19F3N2O4/c20-19(21,22)15-13(9-14(16(23)25)17(26)24-15)12-3-1-11(2-4-12)10-18(27)5-7-28-8-6-18/h1-4,9,27H,5-8,10H2,(H2,23,25)(H,24,26). The van der Waals surface area contributed by atoms with Crippen molar-refractivity contribution in [1.82, 2.24) is 4.98 Å². The molecule has 0 unspecified atom stereocenters. The Hall–Kier alpha value is -2.65. The number of nitrogens with two attached hydrogens (primary N) is 1. The SMILES string of the molecule is NC(=O)c1cc(-c2ccc(CC3(O)CCOCC3)cc2)c(C(F)(F)F)[nH]c1=O. The number of aromatic amines is 1. The van der Waals surface area contributed by atoms with Crippen LogP contribution in [0.25, 0.3) is 11.1 Å². The summed E-state index contributed by atoms with van der Waals surface area (Å²) in [7, 11) is 0. The molecule has 150 valence electrons. The number of aliphatic hydroxyl groups is 1. The monoisotopic (exact) mass is 396 g/mol. The Morgan fingerprint density at radius 1 is 1.21 bits per heavy atom. The molecule has 0 bridgehead atoms. The normalized spacial score (nSPS) is 16.7. The number of amides is 1. The van der Waals surface area contributed by atoms with Crippen LogP contribution in [0, 0.1) is 0 Å². The third-order valence-corrected chi connectivity index (χ3v) is 4.81. The van der Waals surface area contributed by atoms with Crippen LogP contribution < -0.4 is 11.3 Å². The van der Waals surface area contributed by atoms with Gasteiger partial charge in [0.1, 0.15) is 11.3 Å². The molecule has 4 N–H and O–H groups in total. The fourth-order valence-electron chi connectivity index (χ4n) is 3.27. The van der Waals surface area contributed by atoms with E-state index in [4.69, 9.17) is 10.5 Å².